The molecule has 1 aromatic rings. The van der Waals surface area contributed by atoms with Crippen LogP contribution >= 0.6 is 0 Å². The Hall–Kier alpha value is -2.71. The minimum absolute atomic E-state index is 0.0543. The molecule has 0 bridgehead atoms. The Morgan fingerprint density at radius 2 is 2.30 bits per heavy atom. The summed E-state index contributed by atoms with van der Waals surface area (Å²) in [5.41, 5.74) is 0.886. The Labute approximate surface area is 133 Å². The first-order chi connectivity index (χ1) is 10.9. The minimum atomic E-state index is -0.845. The van der Waals surface area contributed by atoms with E-state index in [4.69, 9.17) is 5.21 Å². The van der Waals surface area contributed by atoms with E-state index in [0.29, 0.717) is 29.9 Å². The van der Waals surface area contributed by atoms with Gasteiger partial charge in [-0.25, -0.2) is 4.98 Å². The summed E-state index contributed by atoms with van der Waals surface area (Å²) in [7, 11) is 0. The molecule has 9 heteroatoms. The molecule has 0 saturated carbocycles. The number of nitrogens with zero attached hydrogens (tertiary/aromatic N) is 3. The van der Waals surface area contributed by atoms with Gasteiger partial charge in [0.05, 0.1) is 18.5 Å². The first kappa shape index (κ1) is 18.3. The molecule has 23 heavy (non-hydrogen) atoms. The van der Waals surface area contributed by atoms with E-state index >= 15 is 0 Å². The molecule has 1 unspecified atom stereocenters. The van der Waals surface area contributed by atoms with Gasteiger partial charge in [0.1, 0.15) is 11.5 Å². The van der Waals surface area contributed by atoms with E-state index in [9.17, 15) is 14.9 Å². The summed E-state index contributed by atoms with van der Waals surface area (Å²) >= 11 is 0. The van der Waals surface area contributed by atoms with Crippen LogP contribution in [0.15, 0.2) is 23.0 Å². The van der Waals surface area contributed by atoms with Crippen LogP contribution in [0.1, 0.15) is 43.5 Å². The van der Waals surface area contributed by atoms with Crippen LogP contribution in [0.4, 0.5) is 0 Å². The smallest absolute Gasteiger partial charge is 0.269 e. The number of imidazole rings is 1. The Bertz CT molecular complexity index is 620. The van der Waals surface area contributed by atoms with Crippen molar-refractivity contribution in [2.45, 2.75) is 39.7 Å². The number of nitro groups is 1. The highest BCUT2D eigenvalue weighted by atomic mass is 16.6. The van der Waals surface area contributed by atoms with Crippen molar-refractivity contribution >= 4 is 11.6 Å². The van der Waals surface area contributed by atoms with Gasteiger partial charge in [-0.3, -0.25) is 14.9 Å². The van der Waals surface area contributed by atoms with E-state index < -0.39 is 16.9 Å². The summed E-state index contributed by atoms with van der Waals surface area (Å²) in [5.74, 6) is 0.296. The first-order valence-electron chi connectivity index (χ1n) is 7.27. The number of rotatable bonds is 8. The largest absolute Gasteiger partial charge is 0.411 e. The molecule has 126 valence electrons. The van der Waals surface area contributed by atoms with Crippen molar-refractivity contribution < 1.29 is 14.9 Å². The third kappa shape index (κ3) is 5.20. The summed E-state index contributed by atoms with van der Waals surface area (Å²) in [4.78, 5) is 29.3. The minimum Gasteiger partial charge on any atom is -0.411 e. The lowest BCUT2D eigenvalue weighted by atomic mass is 10.1. The van der Waals surface area contributed by atoms with E-state index in [1.54, 1.807) is 13.8 Å². The highest BCUT2D eigenvalue weighted by molar-refractivity contribution is 6.01. The second-order valence-electron chi connectivity index (χ2n) is 4.97. The molecule has 0 radical (unpaired) electrons. The molecular formula is C14H21N5O4. The summed E-state index contributed by atoms with van der Waals surface area (Å²) in [6, 6.07) is -0.845. The number of hydrogen-bond donors (Lipinski definition) is 3. The van der Waals surface area contributed by atoms with E-state index in [0.717, 1.165) is 0 Å². The SMILES string of the molecule is CCc1ncc(C(=O)NCC(/C=C(\C)C(CC)[N+](=O)[O-])=N/O)[nH]1. The van der Waals surface area contributed by atoms with Crippen LogP contribution in [0.3, 0.4) is 0 Å². The van der Waals surface area contributed by atoms with Crippen LogP contribution in [0.2, 0.25) is 0 Å². The van der Waals surface area contributed by atoms with Gasteiger partial charge in [-0.1, -0.05) is 19.0 Å². The summed E-state index contributed by atoms with van der Waals surface area (Å²) in [6.45, 7) is 5.14. The van der Waals surface area contributed by atoms with Crippen LogP contribution in [-0.4, -0.2) is 44.3 Å². The average Bonchev–Trinajstić information content (AvgIpc) is 3.00. The standard InChI is InChI=1S/C14H21N5O4/c1-4-12(19(22)23)9(3)6-10(18-21)7-16-14(20)11-8-15-13(5-2)17-11/h6,8,12,21H,4-5,7H2,1-3H3,(H,15,17)(H,16,20)/b9-6+,18-10+. The number of oxime groups is 1. The van der Waals surface area contributed by atoms with E-state index in [-0.39, 0.29) is 12.3 Å². The Balaban J connectivity index is 2.70. The van der Waals surface area contributed by atoms with Crippen molar-refractivity contribution in [1.82, 2.24) is 15.3 Å². The number of H-pyrrole nitrogens is 1. The molecule has 1 heterocycles. The summed E-state index contributed by atoms with van der Waals surface area (Å²) in [6.07, 6.45) is 3.83. The van der Waals surface area contributed by atoms with Gasteiger partial charge >= 0.3 is 0 Å². The molecule has 0 aromatic carbocycles. The van der Waals surface area contributed by atoms with Crippen LogP contribution in [-0.2, 0) is 6.42 Å². The number of aryl methyl sites for hydroxylation is 1. The zero-order valence-corrected chi connectivity index (χ0v) is 13.4. The molecule has 3 N–H and O–H groups in total. The number of nitrogens with one attached hydrogen (secondary N) is 2. The van der Waals surface area contributed by atoms with E-state index in [1.807, 2.05) is 6.92 Å². The normalized spacial score (nSPS) is 13.7. The molecule has 1 amide bonds. The maximum absolute atomic E-state index is 11.9. The zero-order valence-electron chi connectivity index (χ0n) is 13.4. The predicted molar refractivity (Wildman–Crippen MR) is 84.4 cm³/mol. The molecule has 0 aliphatic carbocycles. The maximum atomic E-state index is 11.9. The van der Waals surface area contributed by atoms with Crippen LogP contribution in [0.25, 0.3) is 0 Å². The second kappa shape index (κ2) is 8.66. The monoisotopic (exact) mass is 323 g/mol. The second-order valence-corrected chi connectivity index (χ2v) is 4.97. The van der Waals surface area contributed by atoms with E-state index in [1.165, 1.54) is 12.3 Å². The van der Waals surface area contributed by atoms with Gasteiger partial charge in [-0.05, 0) is 13.0 Å². The van der Waals surface area contributed by atoms with Crippen LogP contribution < -0.4 is 5.32 Å². The molecular weight excluding hydrogens is 302 g/mol. The van der Waals surface area contributed by atoms with Gasteiger partial charge in [0.15, 0.2) is 0 Å². The van der Waals surface area contributed by atoms with Gasteiger partial charge < -0.3 is 15.5 Å². The zero-order chi connectivity index (χ0) is 17.4. The van der Waals surface area contributed by atoms with Crippen molar-refractivity contribution in [3.8, 4) is 0 Å². The average molecular weight is 323 g/mol. The molecule has 1 aromatic heterocycles. The Kier molecular flexibility index (Phi) is 6.91. The fourth-order valence-electron chi connectivity index (χ4n) is 2.04. The summed E-state index contributed by atoms with van der Waals surface area (Å²) < 4.78 is 0. The third-order valence-electron chi connectivity index (χ3n) is 3.33. The van der Waals surface area contributed by atoms with Gasteiger partial charge in [0.25, 0.3) is 5.91 Å². The Morgan fingerprint density at radius 1 is 1.61 bits per heavy atom. The van der Waals surface area contributed by atoms with Gasteiger partial charge in [0.2, 0.25) is 6.04 Å². The van der Waals surface area contributed by atoms with Crippen LogP contribution in [0, 0.1) is 10.1 Å². The lowest BCUT2D eigenvalue weighted by Crippen LogP contribution is -2.30. The molecule has 1 rings (SSSR count). The number of carbonyl (C=O) groups excluding carboxylic acids is 1. The fourth-order valence-corrected chi connectivity index (χ4v) is 2.04. The number of aromatic amines is 1. The number of carbonyl (C=O) groups is 1. The van der Waals surface area contributed by atoms with Crippen LogP contribution in [0.5, 0.6) is 0 Å². The van der Waals surface area contributed by atoms with Crippen molar-refractivity contribution in [1.29, 1.82) is 0 Å². The van der Waals surface area contributed by atoms with Gasteiger partial charge in [-0.2, -0.15) is 0 Å². The van der Waals surface area contributed by atoms with Gasteiger partial charge in [0, 0.05) is 23.3 Å². The highest BCUT2D eigenvalue weighted by Gasteiger charge is 2.20. The molecule has 1 atom stereocenters. The topological polar surface area (TPSA) is 134 Å². The maximum Gasteiger partial charge on any atom is 0.269 e. The molecule has 9 nitrogen and oxygen atoms in total. The third-order valence-corrected chi connectivity index (χ3v) is 3.33. The quantitative estimate of drug-likeness (QED) is 0.289. The first-order valence-corrected chi connectivity index (χ1v) is 7.27. The van der Waals surface area contributed by atoms with Crippen molar-refractivity contribution in [3.05, 3.63) is 39.5 Å². The number of amides is 1. The van der Waals surface area contributed by atoms with E-state index in [2.05, 4.69) is 20.4 Å². The highest BCUT2D eigenvalue weighted by Crippen LogP contribution is 2.09. The molecule has 0 fully saturated rings. The molecule has 0 saturated heterocycles. The van der Waals surface area contributed by atoms with Crippen molar-refractivity contribution in [3.63, 3.8) is 0 Å². The lowest BCUT2D eigenvalue weighted by molar-refractivity contribution is -0.512. The molecule has 0 spiro atoms. The molecule has 0 aliphatic heterocycles. The predicted octanol–water partition coefficient (Wildman–Crippen LogP) is 1.53. The van der Waals surface area contributed by atoms with Gasteiger partial charge in [-0.15, -0.1) is 0 Å². The summed E-state index contributed by atoms with van der Waals surface area (Å²) in [5, 5.41) is 25.5. The van der Waals surface area contributed by atoms with Crippen molar-refractivity contribution in [2.24, 2.45) is 5.16 Å². The van der Waals surface area contributed by atoms with Crippen molar-refractivity contribution in [2.75, 3.05) is 6.54 Å². The number of hydrogen-bond acceptors (Lipinski definition) is 6. The lowest BCUT2D eigenvalue weighted by Gasteiger charge is -2.08. The Morgan fingerprint density at radius 3 is 2.78 bits per heavy atom. The molecule has 0 aliphatic rings. The number of aromatic nitrogens is 2. The fraction of sp³-hybridized carbons (Fsp3) is 0.500.